The van der Waals surface area contributed by atoms with Crippen LogP contribution in [-0.4, -0.2) is 19.6 Å². The van der Waals surface area contributed by atoms with E-state index in [1.807, 2.05) is 29.0 Å². The summed E-state index contributed by atoms with van der Waals surface area (Å²) in [6, 6.07) is 18.5. The zero-order valence-electron chi connectivity index (χ0n) is 16.7. The normalized spacial score (nSPS) is 11.2. The number of hydrogen-bond acceptors (Lipinski definition) is 4. The third-order valence-corrected chi connectivity index (χ3v) is 5.38. The van der Waals surface area contributed by atoms with Gasteiger partial charge < -0.3 is 9.67 Å². The standard InChI is InChI=1S/C24H17Cl2N3O3/c25-18-6-11-21(22(26)13-18)23-15-28(14-17-1-7-19(8-2-17)29(31)32)24(27-23)12-5-16-3-9-20(30)10-4-16/h1-13,15,30H,14H2. The summed E-state index contributed by atoms with van der Waals surface area (Å²) in [7, 11) is 0. The Hall–Kier alpha value is -3.61. The molecule has 3 aromatic carbocycles. The smallest absolute Gasteiger partial charge is 0.269 e. The first-order chi connectivity index (χ1) is 15.4. The van der Waals surface area contributed by atoms with Crippen LogP contribution in [0.2, 0.25) is 10.0 Å². The second kappa shape index (κ2) is 9.26. The highest BCUT2D eigenvalue weighted by molar-refractivity contribution is 6.36. The number of nitro benzene ring substituents is 1. The lowest BCUT2D eigenvalue weighted by molar-refractivity contribution is -0.384. The Morgan fingerprint density at radius 2 is 1.72 bits per heavy atom. The summed E-state index contributed by atoms with van der Waals surface area (Å²) in [4.78, 5) is 15.2. The molecule has 0 aliphatic carbocycles. The molecule has 0 spiro atoms. The molecule has 0 saturated carbocycles. The van der Waals surface area contributed by atoms with Crippen molar-refractivity contribution >= 4 is 41.0 Å². The number of non-ortho nitro benzene ring substituents is 1. The van der Waals surface area contributed by atoms with Crippen molar-refractivity contribution in [2.24, 2.45) is 0 Å². The van der Waals surface area contributed by atoms with Gasteiger partial charge in [-0.15, -0.1) is 0 Å². The Labute approximate surface area is 194 Å². The molecule has 6 nitrogen and oxygen atoms in total. The van der Waals surface area contributed by atoms with Crippen molar-refractivity contribution in [1.29, 1.82) is 0 Å². The number of imidazole rings is 1. The molecule has 0 saturated heterocycles. The molecule has 1 N–H and O–H groups in total. The van der Waals surface area contributed by atoms with Crippen molar-refractivity contribution < 1.29 is 10.0 Å². The molecule has 8 heteroatoms. The molecule has 4 aromatic rings. The van der Waals surface area contributed by atoms with Gasteiger partial charge >= 0.3 is 0 Å². The van der Waals surface area contributed by atoms with Crippen LogP contribution in [0.4, 0.5) is 5.69 Å². The minimum atomic E-state index is -0.423. The summed E-state index contributed by atoms with van der Waals surface area (Å²) in [5.74, 6) is 0.874. The fraction of sp³-hybridized carbons (Fsp3) is 0.0417. The van der Waals surface area contributed by atoms with Crippen LogP contribution >= 0.6 is 23.2 Å². The van der Waals surface area contributed by atoms with Crippen LogP contribution in [-0.2, 0) is 6.54 Å². The van der Waals surface area contributed by atoms with Gasteiger partial charge in [0.15, 0.2) is 0 Å². The van der Waals surface area contributed by atoms with Crippen molar-refractivity contribution in [2.75, 3.05) is 0 Å². The predicted molar refractivity (Wildman–Crippen MR) is 127 cm³/mol. The van der Waals surface area contributed by atoms with E-state index in [1.165, 1.54) is 12.1 Å². The number of hydrogen-bond donors (Lipinski definition) is 1. The number of phenolic OH excluding ortho intramolecular Hbond substituents is 1. The molecule has 0 atom stereocenters. The number of benzene rings is 3. The highest BCUT2D eigenvalue weighted by Gasteiger charge is 2.12. The Morgan fingerprint density at radius 1 is 1.00 bits per heavy atom. The average Bonchev–Trinajstić information content (AvgIpc) is 3.16. The molecule has 0 radical (unpaired) electrons. The van der Waals surface area contributed by atoms with E-state index in [2.05, 4.69) is 0 Å². The average molecular weight is 466 g/mol. The van der Waals surface area contributed by atoms with Gasteiger partial charge in [0.25, 0.3) is 5.69 Å². The molecule has 0 aliphatic heterocycles. The summed E-state index contributed by atoms with van der Waals surface area (Å²) in [6.07, 6.45) is 5.64. The van der Waals surface area contributed by atoms with Crippen LogP contribution in [0.3, 0.4) is 0 Å². The molecule has 4 rings (SSSR count). The highest BCUT2D eigenvalue weighted by atomic mass is 35.5. The summed E-state index contributed by atoms with van der Waals surface area (Å²) < 4.78 is 1.94. The van der Waals surface area contributed by atoms with Crippen molar-refractivity contribution in [1.82, 2.24) is 9.55 Å². The molecule has 1 aromatic heterocycles. The fourth-order valence-corrected chi connectivity index (χ4v) is 3.70. The number of aromatic hydroxyl groups is 1. The summed E-state index contributed by atoms with van der Waals surface area (Å²) in [6.45, 7) is 0.464. The fourth-order valence-electron chi connectivity index (χ4n) is 3.19. The molecular formula is C24H17Cl2N3O3. The first-order valence-electron chi connectivity index (χ1n) is 9.62. The van der Waals surface area contributed by atoms with E-state index in [-0.39, 0.29) is 11.4 Å². The van der Waals surface area contributed by atoms with Gasteiger partial charge in [-0.2, -0.15) is 0 Å². The van der Waals surface area contributed by atoms with E-state index in [1.54, 1.807) is 48.5 Å². The van der Waals surface area contributed by atoms with Crippen LogP contribution in [0, 0.1) is 10.1 Å². The Kier molecular flexibility index (Phi) is 6.25. The molecular weight excluding hydrogens is 449 g/mol. The molecule has 0 bridgehead atoms. The first-order valence-corrected chi connectivity index (χ1v) is 10.4. The van der Waals surface area contributed by atoms with E-state index in [4.69, 9.17) is 28.2 Å². The zero-order chi connectivity index (χ0) is 22.7. The van der Waals surface area contributed by atoms with E-state index in [9.17, 15) is 15.2 Å². The predicted octanol–water partition coefficient (Wildman–Crippen LogP) is 6.69. The highest BCUT2D eigenvalue weighted by Crippen LogP contribution is 2.30. The number of aromatic nitrogens is 2. The molecule has 32 heavy (non-hydrogen) atoms. The Balaban J connectivity index is 1.71. The minimum absolute atomic E-state index is 0.0421. The maximum Gasteiger partial charge on any atom is 0.269 e. The van der Waals surface area contributed by atoms with Crippen molar-refractivity contribution in [2.45, 2.75) is 6.54 Å². The maximum atomic E-state index is 10.9. The van der Waals surface area contributed by atoms with Crippen LogP contribution in [0.5, 0.6) is 5.75 Å². The van der Waals surface area contributed by atoms with Crippen molar-refractivity contribution in [3.8, 4) is 17.0 Å². The number of nitro groups is 1. The number of phenols is 1. The summed E-state index contributed by atoms with van der Waals surface area (Å²) in [5, 5.41) is 21.4. The molecule has 0 unspecified atom stereocenters. The number of nitrogens with zero attached hydrogens (tertiary/aromatic N) is 3. The Bertz CT molecular complexity index is 1300. The zero-order valence-corrected chi connectivity index (χ0v) is 18.2. The van der Waals surface area contributed by atoms with Crippen LogP contribution in [0.1, 0.15) is 17.0 Å². The lowest BCUT2D eigenvalue weighted by atomic mass is 10.2. The second-order valence-corrected chi connectivity index (χ2v) is 7.93. The minimum Gasteiger partial charge on any atom is -0.508 e. The van der Waals surface area contributed by atoms with Gasteiger partial charge in [0, 0.05) is 35.5 Å². The topological polar surface area (TPSA) is 81.2 Å². The SMILES string of the molecule is O=[N+]([O-])c1ccc(Cn2cc(-c3ccc(Cl)cc3Cl)nc2C=Cc2ccc(O)cc2)cc1. The van der Waals surface area contributed by atoms with Crippen molar-refractivity contribution in [3.05, 3.63) is 110 Å². The van der Waals surface area contributed by atoms with Gasteiger partial charge in [-0.3, -0.25) is 10.1 Å². The quantitative estimate of drug-likeness (QED) is 0.254. The largest absolute Gasteiger partial charge is 0.508 e. The van der Waals surface area contributed by atoms with Crippen LogP contribution < -0.4 is 0 Å². The van der Waals surface area contributed by atoms with Gasteiger partial charge in [-0.25, -0.2) is 4.98 Å². The van der Waals surface area contributed by atoms with Gasteiger partial charge in [0.05, 0.1) is 15.6 Å². The lowest BCUT2D eigenvalue weighted by Gasteiger charge is -2.05. The molecule has 160 valence electrons. The molecule has 0 aliphatic rings. The van der Waals surface area contributed by atoms with Gasteiger partial charge in [-0.1, -0.05) is 53.5 Å². The van der Waals surface area contributed by atoms with Gasteiger partial charge in [-0.05, 0) is 47.5 Å². The van der Waals surface area contributed by atoms with Crippen molar-refractivity contribution in [3.63, 3.8) is 0 Å². The second-order valence-electron chi connectivity index (χ2n) is 7.08. The monoisotopic (exact) mass is 465 g/mol. The first kappa shape index (κ1) is 21.6. The van der Waals surface area contributed by atoms with Crippen LogP contribution in [0.25, 0.3) is 23.4 Å². The van der Waals surface area contributed by atoms with E-state index in [0.717, 1.165) is 16.7 Å². The molecule has 1 heterocycles. The van der Waals surface area contributed by atoms with E-state index < -0.39 is 4.92 Å². The maximum absolute atomic E-state index is 10.9. The third-order valence-electron chi connectivity index (χ3n) is 4.83. The van der Waals surface area contributed by atoms with Crippen LogP contribution in [0.15, 0.2) is 72.9 Å². The summed E-state index contributed by atoms with van der Waals surface area (Å²) >= 11 is 12.4. The third kappa shape index (κ3) is 4.99. The summed E-state index contributed by atoms with van der Waals surface area (Å²) in [5.41, 5.74) is 3.26. The van der Waals surface area contributed by atoms with Gasteiger partial charge in [0.1, 0.15) is 11.6 Å². The van der Waals surface area contributed by atoms with E-state index >= 15 is 0 Å². The molecule has 0 fully saturated rings. The number of rotatable bonds is 6. The van der Waals surface area contributed by atoms with Gasteiger partial charge in [0.2, 0.25) is 0 Å². The molecule has 0 amide bonds. The van der Waals surface area contributed by atoms with E-state index in [0.29, 0.717) is 28.1 Å². The number of halogens is 2. The Morgan fingerprint density at radius 3 is 2.38 bits per heavy atom. The lowest BCUT2D eigenvalue weighted by Crippen LogP contribution is -2.01.